The maximum absolute atomic E-state index is 10.5. The molecule has 2 atom stereocenters. The molecule has 0 fully saturated rings. The molecule has 0 aromatic heterocycles. The normalized spacial score (nSPS) is 33.2. The Balaban J connectivity index is 2.65. The molecule has 0 heterocycles. The fourth-order valence-corrected chi connectivity index (χ4v) is 1.42. The zero-order valence-corrected chi connectivity index (χ0v) is 6.63. The summed E-state index contributed by atoms with van der Waals surface area (Å²) in [5.41, 5.74) is 1.26. The number of carbonyl (C=O) groups is 1. The summed E-state index contributed by atoms with van der Waals surface area (Å²) >= 11 is 0. The highest BCUT2D eigenvalue weighted by molar-refractivity contribution is 5.58. The Morgan fingerprint density at radius 2 is 2.40 bits per heavy atom. The van der Waals surface area contributed by atoms with Crippen LogP contribution in [0.1, 0.15) is 26.7 Å². The third kappa shape index (κ3) is 1.47. The molecular weight excluding hydrogens is 124 g/mol. The molecule has 0 saturated carbocycles. The predicted octanol–water partition coefficient (Wildman–Crippen LogP) is 2.18. The number of aldehydes is 1. The van der Waals surface area contributed by atoms with E-state index in [4.69, 9.17) is 0 Å². The van der Waals surface area contributed by atoms with Gasteiger partial charge in [0.05, 0.1) is 0 Å². The van der Waals surface area contributed by atoms with E-state index in [9.17, 15) is 4.79 Å². The zero-order valence-electron chi connectivity index (χ0n) is 6.63. The Morgan fingerprint density at radius 3 is 2.90 bits per heavy atom. The minimum Gasteiger partial charge on any atom is -0.303 e. The van der Waals surface area contributed by atoms with Gasteiger partial charge in [-0.1, -0.05) is 18.6 Å². The van der Waals surface area contributed by atoms with Gasteiger partial charge in [0.1, 0.15) is 6.29 Å². The Morgan fingerprint density at radius 1 is 1.70 bits per heavy atom. The van der Waals surface area contributed by atoms with E-state index in [0.717, 1.165) is 19.1 Å². The van der Waals surface area contributed by atoms with Crippen LogP contribution in [0.3, 0.4) is 0 Å². The molecule has 1 aliphatic rings. The second-order valence-electron chi connectivity index (χ2n) is 3.27. The molecule has 0 saturated heterocycles. The van der Waals surface area contributed by atoms with Crippen molar-refractivity contribution in [3.8, 4) is 0 Å². The molecule has 1 heteroatoms. The number of allylic oxidation sites excluding steroid dienone is 2. The highest BCUT2D eigenvalue weighted by atomic mass is 16.1. The quantitative estimate of drug-likeness (QED) is 0.401. The van der Waals surface area contributed by atoms with Gasteiger partial charge in [0, 0.05) is 5.92 Å². The van der Waals surface area contributed by atoms with E-state index in [1.807, 2.05) is 6.92 Å². The lowest BCUT2D eigenvalue weighted by Crippen LogP contribution is -2.13. The summed E-state index contributed by atoms with van der Waals surface area (Å²) in [5.74, 6) is 0.905. The lowest BCUT2D eigenvalue weighted by molar-refractivity contribution is -0.110. The topological polar surface area (TPSA) is 17.1 Å². The van der Waals surface area contributed by atoms with Gasteiger partial charge in [0.2, 0.25) is 0 Å². The van der Waals surface area contributed by atoms with E-state index in [1.165, 1.54) is 5.57 Å². The van der Waals surface area contributed by atoms with Crippen molar-refractivity contribution in [3.63, 3.8) is 0 Å². The first-order valence-corrected chi connectivity index (χ1v) is 3.86. The Labute approximate surface area is 62.1 Å². The molecule has 0 aliphatic heterocycles. The monoisotopic (exact) mass is 138 g/mol. The standard InChI is InChI=1S/C9H14O/c1-7-3-4-8(2)9(5-7)6-10/h4,6-7,9H,3,5H2,1-2H3. The predicted molar refractivity (Wildman–Crippen MR) is 41.7 cm³/mol. The second-order valence-corrected chi connectivity index (χ2v) is 3.27. The molecule has 0 N–H and O–H groups in total. The minimum absolute atomic E-state index is 0.212. The fourth-order valence-electron chi connectivity index (χ4n) is 1.42. The molecule has 0 spiro atoms. The van der Waals surface area contributed by atoms with Crippen LogP contribution in [0, 0.1) is 11.8 Å². The number of carbonyl (C=O) groups excluding carboxylic acids is 1. The third-order valence-electron chi connectivity index (χ3n) is 2.25. The third-order valence-corrected chi connectivity index (χ3v) is 2.25. The summed E-state index contributed by atoms with van der Waals surface area (Å²) in [6.45, 7) is 4.24. The minimum atomic E-state index is 0.212. The number of rotatable bonds is 1. The van der Waals surface area contributed by atoms with Gasteiger partial charge in [-0.05, 0) is 25.7 Å². The molecule has 1 rings (SSSR count). The fraction of sp³-hybridized carbons (Fsp3) is 0.667. The Bertz CT molecular complexity index is 158. The smallest absolute Gasteiger partial charge is 0.127 e. The molecule has 0 aromatic carbocycles. The van der Waals surface area contributed by atoms with Crippen LogP contribution < -0.4 is 0 Å². The summed E-state index contributed by atoms with van der Waals surface area (Å²) in [4.78, 5) is 10.5. The zero-order chi connectivity index (χ0) is 7.56. The van der Waals surface area contributed by atoms with Crippen LogP contribution in [0.15, 0.2) is 11.6 Å². The van der Waals surface area contributed by atoms with Gasteiger partial charge in [-0.2, -0.15) is 0 Å². The molecule has 1 nitrogen and oxygen atoms in total. The molecule has 1 aliphatic carbocycles. The van der Waals surface area contributed by atoms with E-state index < -0.39 is 0 Å². The van der Waals surface area contributed by atoms with E-state index in [-0.39, 0.29) is 5.92 Å². The molecule has 0 amide bonds. The van der Waals surface area contributed by atoms with Gasteiger partial charge in [0.25, 0.3) is 0 Å². The van der Waals surface area contributed by atoms with Crippen LogP contribution in [0.2, 0.25) is 0 Å². The van der Waals surface area contributed by atoms with Gasteiger partial charge in [-0.25, -0.2) is 0 Å². The average molecular weight is 138 g/mol. The molecule has 10 heavy (non-hydrogen) atoms. The van der Waals surface area contributed by atoms with Crippen LogP contribution >= 0.6 is 0 Å². The highest BCUT2D eigenvalue weighted by Gasteiger charge is 2.17. The van der Waals surface area contributed by atoms with E-state index in [2.05, 4.69) is 13.0 Å². The lowest BCUT2D eigenvalue weighted by atomic mass is 9.84. The maximum atomic E-state index is 10.5. The van der Waals surface area contributed by atoms with Gasteiger partial charge < -0.3 is 4.79 Å². The summed E-state index contributed by atoms with van der Waals surface area (Å²) in [6.07, 6.45) is 5.46. The van der Waals surface area contributed by atoms with Crippen LogP contribution in [0.5, 0.6) is 0 Å². The largest absolute Gasteiger partial charge is 0.303 e. The van der Waals surface area contributed by atoms with Gasteiger partial charge >= 0.3 is 0 Å². The summed E-state index contributed by atoms with van der Waals surface area (Å²) in [7, 11) is 0. The van der Waals surface area contributed by atoms with E-state index in [1.54, 1.807) is 0 Å². The van der Waals surface area contributed by atoms with E-state index in [0.29, 0.717) is 5.92 Å². The maximum Gasteiger partial charge on any atom is 0.127 e. The number of hydrogen-bond donors (Lipinski definition) is 0. The molecule has 0 radical (unpaired) electrons. The second kappa shape index (κ2) is 3.00. The van der Waals surface area contributed by atoms with Crippen LogP contribution in [0.25, 0.3) is 0 Å². The molecular formula is C9H14O. The van der Waals surface area contributed by atoms with Gasteiger partial charge in [-0.3, -0.25) is 0 Å². The van der Waals surface area contributed by atoms with Crippen molar-refractivity contribution in [3.05, 3.63) is 11.6 Å². The van der Waals surface area contributed by atoms with Gasteiger partial charge in [-0.15, -0.1) is 0 Å². The Hall–Kier alpha value is -0.590. The first-order chi connectivity index (χ1) is 4.74. The first-order valence-electron chi connectivity index (χ1n) is 3.86. The number of hydrogen-bond acceptors (Lipinski definition) is 1. The van der Waals surface area contributed by atoms with Crippen molar-refractivity contribution in [2.75, 3.05) is 0 Å². The van der Waals surface area contributed by atoms with Crippen molar-refractivity contribution in [2.45, 2.75) is 26.7 Å². The molecule has 0 bridgehead atoms. The highest BCUT2D eigenvalue weighted by Crippen LogP contribution is 2.26. The van der Waals surface area contributed by atoms with E-state index >= 15 is 0 Å². The van der Waals surface area contributed by atoms with Crippen LogP contribution in [-0.4, -0.2) is 6.29 Å². The van der Waals surface area contributed by atoms with Crippen LogP contribution in [0.4, 0.5) is 0 Å². The average Bonchev–Trinajstić information content (AvgIpc) is 1.94. The summed E-state index contributed by atoms with van der Waals surface area (Å²) in [5, 5.41) is 0. The van der Waals surface area contributed by atoms with Crippen molar-refractivity contribution in [2.24, 2.45) is 11.8 Å². The van der Waals surface area contributed by atoms with Crippen molar-refractivity contribution < 1.29 is 4.79 Å². The summed E-state index contributed by atoms with van der Waals surface area (Å²) < 4.78 is 0. The summed E-state index contributed by atoms with van der Waals surface area (Å²) in [6, 6.07) is 0. The first kappa shape index (κ1) is 7.52. The van der Waals surface area contributed by atoms with Crippen molar-refractivity contribution in [1.29, 1.82) is 0 Å². The van der Waals surface area contributed by atoms with Gasteiger partial charge in [0.15, 0.2) is 0 Å². The molecule has 56 valence electrons. The molecule has 2 unspecified atom stereocenters. The van der Waals surface area contributed by atoms with Crippen molar-refractivity contribution >= 4 is 6.29 Å². The lowest BCUT2D eigenvalue weighted by Gasteiger charge is -2.21. The van der Waals surface area contributed by atoms with Crippen LogP contribution in [-0.2, 0) is 4.79 Å². The SMILES string of the molecule is CC1=CCC(C)CC1C=O. The van der Waals surface area contributed by atoms with Crippen molar-refractivity contribution in [1.82, 2.24) is 0 Å². The molecule has 0 aromatic rings. The Kier molecular flexibility index (Phi) is 2.25.